The Bertz CT molecular complexity index is 166. The van der Waals surface area contributed by atoms with Crippen LogP contribution in [0.5, 0.6) is 0 Å². The van der Waals surface area contributed by atoms with Crippen LogP contribution < -0.4 is 0 Å². The molecule has 1 fully saturated rings. The minimum absolute atomic E-state index is 0.200. The van der Waals surface area contributed by atoms with E-state index in [1.54, 1.807) is 7.11 Å². The molecule has 0 radical (unpaired) electrons. The molecular weight excluding hydrogens is 154 g/mol. The van der Waals surface area contributed by atoms with Gasteiger partial charge in [0.25, 0.3) is 0 Å². The zero-order chi connectivity index (χ0) is 9.45. The van der Waals surface area contributed by atoms with Crippen molar-refractivity contribution < 1.29 is 9.53 Å². The molecule has 12 heavy (non-hydrogen) atoms. The summed E-state index contributed by atoms with van der Waals surface area (Å²) in [6, 6.07) is 1.99. The summed E-state index contributed by atoms with van der Waals surface area (Å²) in [6.45, 7) is 2.78. The fraction of sp³-hybridized carbons (Fsp3) is 0.778. The summed E-state index contributed by atoms with van der Waals surface area (Å²) in [5.74, 6) is 0. The van der Waals surface area contributed by atoms with Gasteiger partial charge in [0.1, 0.15) is 6.29 Å². The molecule has 0 aromatic rings. The van der Waals surface area contributed by atoms with E-state index in [9.17, 15) is 4.79 Å². The van der Waals surface area contributed by atoms with Crippen LogP contribution in [0.2, 0.25) is 0 Å². The summed E-state index contributed by atoms with van der Waals surface area (Å²) in [5, 5.41) is 8.16. The Hall–Kier alpha value is -0.880. The average molecular weight is 169 g/mol. The number of nitrogens with zero attached hydrogens (tertiary/aromatic N) is 1. The van der Waals surface area contributed by atoms with Crippen molar-refractivity contribution in [3.63, 3.8) is 0 Å². The van der Waals surface area contributed by atoms with Gasteiger partial charge in [0.15, 0.2) is 0 Å². The molecule has 0 spiro atoms. The number of ether oxygens (including phenoxy) is 1. The van der Waals surface area contributed by atoms with E-state index in [0.717, 1.165) is 25.7 Å². The third-order valence-electron chi connectivity index (χ3n) is 1.86. The molecule has 1 aliphatic carbocycles. The summed E-state index contributed by atoms with van der Waals surface area (Å²) in [7, 11) is 1.68. The Labute approximate surface area is 73.3 Å². The molecule has 0 bridgehead atoms. The smallest absolute Gasteiger partial charge is 0.127 e. The van der Waals surface area contributed by atoms with E-state index in [2.05, 4.69) is 4.74 Å². The maximum atomic E-state index is 10.1. The van der Waals surface area contributed by atoms with Gasteiger partial charge < -0.3 is 9.53 Å². The summed E-state index contributed by atoms with van der Waals surface area (Å²) in [5.41, 5.74) is -0.200. The fourth-order valence-corrected chi connectivity index (χ4v) is 0.654. The highest BCUT2D eigenvalue weighted by Crippen LogP contribution is 2.46. The Morgan fingerprint density at radius 3 is 2.25 bits per heavy atom. The Morgan fingerprint density at radius 1 is 1.67 bits per heavy atom. The summed E-state index contributed by atoms with van der Waals surface area (Å²) < 4.78 is 4.54. The van der Waals surface area contributed by atoms with Crippen molar-refractivity contribution in [3.8, 4) is 6.07 Å². The lowest BCUT2D eigenvalue weighted by Crippen LogP contribution is -1.98. The van der Waals surface area contributed by atoms with Gasteiger partial charge in [-0.15, -0.1) is 0 Å². The van der Waals surface area contributed by atoms with Crippen LogP contribution in [-0.4, -0.2) is 20.0 Å². The molecule has 0 aromatic carbocycles. The van der Waals surface area contributed by atoms with Crippen LogP contribution in [0, 0.1) is 16.7 Å². The molecule has 0 amide bonds. The number of carbonyl (C=O) groups is 1. The van der Waals surface area contributed by atoms with Gasteiger partial charge in [0.05, 0.1) is 6.07 Å². The third-order valence-corrected chi connectivity index (χ3v) is 1.86. The van der Waals surface area contributed by atoms with Gasteiger partial charge in [-0.1, -0.05) is 0 Å². The van der Waals surface area contributed by atoms with Crippen LogP contribution >= 0.6 is 0 Å². The molecule has 0 unspecified atom stereocenters. The molecule has 0 atom stereocenters. The van der Waals surface area contributed by atoms with E-state index in [1.165, 1.54) is 0 Å². The first kappa shape index (κ1) is 11.1. The lowest BCUT2D eigenvalue weighted by atomic mass is 10.1. The van der Waals surface area contributed by atoms with E-state index in [-0.39, 0.29) is 5.41 Å². The van der Waals surface area contributed by atoms with Crippen molar-refractivity contribution in [1.82, 2.24) is 0 Å². The normalized spacial score (nSPS) is 16.8. The maximum Gasteiger partial charge on any atom is 0.127 e. The van der Waals surface area contributed by atoms with Gasteiger partial charge in [0.2, 0.25) is 0 Å². The minimum atomic E-state index is -0.200. The minimum Gasteiger partial charge on any atom is -0.385 e. The van der Waals surface area contributed by atoms with Crippen LogP contribution in [0.1, 0.15) is 26.2 Å². The van der Waals surface area contributed by atoms with Gasteiger partial charge in [-0.25, -0.2) is 0 Å². The first-order valence-corrected chi connectivity index (χ1v) is 4.07. The second kappa shape index (κ2) is 5.73. The molecule has 1 rings (SSSR count). The van der Waals surface area contributed by atoms with Gasteiger partial charge in [-0.3, -0.25) is 0 Å². The third kappa shape index (κ3) is 4.09. The molecule has 0 N–H and O–H groups in total. The van der Waals surface area contributed by atoms with Crippen molar-refractivity contribution >= 4 is 6.29 Å². The fourth-order valence-electron chi connectivity index (χ4n) is 0.654. The van der Waals surface area contributed by atoms with Crippen molar-refractivity contribution in [1.29, 1.82) is 5.26 Å². The molecule has 68 valence electrons. The molecule has 0 aromatic heterocycles. The van der Waals surface area contributed by atoms with Gasteiger partial charge in [-0.05, 0) is 19.8 Å². The lowest BCUT2D eigenvalue weighted by Gasteiger charge is -1.93. The average Bonchev–Trinajstić information content (AvgIpc) is 2.87. The van der Waals surface area contributed by atoms with Crippen molar-refractivity contribution in [3.05, 3.63) is 0 Å². The predicted molar refractivity (Wildman–Crippen MR) is 45.5 cm³/mol. The molecule has 0 saturated heterocycles. The number of methoxy groups -OCH3 is 1. The highest BCUT2D eigenvalue weighted by Gasteiger charge is 2.42. The topological polar surface area (TPSA) is 50.1 Å². The number of nitriles is 1. The molecular formula is C9H15NO2. The second-order valence-corrected chi connectivity index (χ2v) is 2.89. The predicted octanol–water partition coefficient (Wildman–Crippen LogP) is 1.53. The van der Waals surface area contributed by atoms with Crippen molar-refractivity contribution in [2.45, 2.75) is 26.2 Å². The standard InChI is InChI=1S/C6H7NO.C3H8O/c7-4-3-6(5-8)1-2-6;1-3-4-2/h5H,1-3H2;3H2,1-2H3. The van der Waals surface area contributed by atoms with Crippen LogP contribution in [0.3, 0.4) is 0 Å². The first-order valence-electron chi connectivity index (χ1n) is 4.07. The number of carbonyl (C=O) groups excluding carboxylic acids is 1. The van der Waals surface area contributed by atoms with E-state index in [1.807, 2.05) is 13.0 Å². The van der Waals surface area contributed by atoms with Crippen LogP contribution in [0.15, 0.2) is 0 Å². The second-order valence-electron chi connectivity index (χ2n) is 2.89. The molecule has 1 aliphatic rings. The first-order chi connectivity index (χ1) is 5.74. The Balaban J connectivity index is 0.000000261. The van der Waals surface area contributed by atoms with Gasteiger partial charge >= 0.3 is 0 Å². The zero-order valence-electron chi connectivity index (χ0n) is 7.67. The zero-order valence-corrected chi connectivity index (χ0v) is 7.67. The van der Waals surface area contributed by atoms with Crippen LogP contribution in [0.25, 0.3) is 0 Å². The lowest BCUT2D eigenvalue weighted by molar-refractivity contribution is -0.112. The number of hydrogen-bond acceptors (Lipinski definition) is 3. The number of hydrogen-bond donors (Lipinski definition) is 0. The number of aldehydes is 1. The quantitative estimate of drug-likeness (QED) is 0.602. The van der Waals surface area contributed by atoms with Crippen molar-refractivity contribution in [2.24, 2.45) is 5.41 Å². The van der Waals surface area contributed by atoms with E-state index >= 15 is 0 Å². The largest absolute Gasteiger partial charge is 0.385 e. The highest BCUT2D eigenvalue weighted by atomic mass is 16.5. The van der Waals surface area contributed by atoms with Crippen LogP contribution in [0.4, 0.5) is 0 Å². The maximum absolute atomic E-state index is 10.1. The molecule has 3 nitrogen and oxygen atoms in total. The molecule has 1 saturated carbocycles. The van der Waals surface area contributed by atoms with E-state index < -0.39 is 0 Å². The Morgan fingerprint density at radius 2 is 2.17 bits per heavy atom. The van der Waals surface area contributed by atoms with Gasteiger partial charge in [-0.2, -0.15) is 5.26 Å². The molecule has 0 heterocycles. The molecule has 0 aliphatic heterocycles. The van der Waals surface area contributed by atoms with Gasteiger partial charge in [0, 0.05) is 25.6 Å². The highest BCUT2D eigenvalue weighted by molar-refractivity contribution is 5.63. The monoisotopic (exact) mass is 169 g/mol. The van der Waals surface area contributed by atoms with E-state index in [4.69, 9.17) is 5.26 Å². The molecule has 3 heteroatoms. The Kier molecular flexibility index (Phi) is 5.31. The van der Waals surface area contributed by atoms with Crippen molar-refractivity contribution in [2.75, 3.05) is 13.7 Å². The van der Waals surface area contributed by atoms with Crippen LogP contribution in [-0.2, 0) is 9.53 Å². The SMILES string of the molecule is CCOC.N#CCC1(C=O)CC1. The summed E-state index contributed by atoms with van der Waals surface area (Å²) in [4.78, 5) is 10.1. The summed E-state index contributed by atoms with van der Waals surface area (Å²) in [6.07, 6.45) is 3.17. The summed E-state index contributed by atoms with van der Waals surface area (Å²) >= 11 is 0. The number of rotatable bonds is 3. The van der Waals surface area contributed by atoms with E-state index in [0.29, 0.717) is 6.42 Å².